The molecule has 0 spiro atoms. The predicted molar refractivity (Wildman–Crippen MR) is 164 cm³/mol. The van der Waals surface area contributed by atoms with Crippen LogP contribution in [0.4, 0.5) is 10.7 Å². The summed E-state index contributed by atoms with van der Waals surface area (Å²) in [6, 6.07) is 26.6. The van der Waals surface area contributed by atoms with Crippen molar-refractivity contribution in [1.29, 1.82) is 0 Å². The maximum absolute atomic E-state index is 13.8. The van der Waals surface area contributed by atoms with Crippen molar-refractivity contribution in [3.63, 3.8) is 0 Å². The van der Waals surface area contributed by atoms with E-state index in [2.05, 4.69) is 10.6 Å². The molecular weight excluding hydrogens is 540 g/mol. The Hall–Kier alpha value is -3.88. The molecule has 3 aromatic carbocycles. The van der Waals surface area contributed by atoms with E-state index in [4.69, 9.17) is 4.74 Å². The molecule has 0 radical (unpaired) electrons. The van der Waals surface area contributed by atoms with E-state index in [1.807, 2.05) is 97.2 Å². The quantitative estimate of drug-likeness (QED) is 0.132. The van der Waals surface area contributed by atoms with Gasteiger partial charge in [-0.3, -0.25) is 9.59 Å². The maximum atomic E-state index is 13.8. The molecule has 1 unspecified atom stereocenters. The number of thioether (sulfide) groups is 1. The smallest absolute Gasteiger partial charge is 0.341 e. The first-order chi connectivity index (χ1) is 19.5. The standard InChI is InChI=1S/C32H32N2O4S2/c1-3-5-19-27(35)33-24-17-12-18-25(20-24)40-29(23-15-10-7-11-16-23)30(36)34-31-28(32(37)38-4-2)26(21-39-31)22-13-8-6-9-14-22/h6-18,20-21,29H,3-5,19H2,1-2H3,(H,33,35)(H,34,36). The van der Waals surface area contributed by atoms with Crippen LogP contribution in [-0.2, 0) is 14.3 Å². The predicted octanol–water partition coefficient (Wildman–Crippen LogP) is 8.19. The molecule has 4 rings (SSSR count). The zero-order valence-corrected chi connectivity index (χ0v) is 24.1. The van der Waals surface area contributed by atoms with Gasteiger partial charge in [0.2, 0.25) is 11.8 Å². The summed E-state index contributed by atoms with van der Waals surface area (Å²) in [5.74, 6) is -0.770. The first-order valence-electron chi connectivity index (χ1n) is 13.3. The van der Waals surface area contributed by atoms with Gasteiger partial charge >= 0.3 is 5.97 Å². The summed E-state index contributed by atoms with van der Waals surface area (Å²) < 4.78 is 5.36. The van der Waals surface area contributed by atoms with E-state index in [9.17, 15) is 14.4 Å². The van der Waals surface area contributed by atoms with Gasteiger partial charge in [0.1, 0.15) is 15.8 Å². The van der Waals surface area contributed by atoms with Crippen molar-refractivity contribution in [2.24, 2.45) is 0 Å². The first-order valence-corrected chi connectivity index (χ1v) is 15.0. The Kier molecular flexibility index (Phi) is 10.5. The van der Waals surface area contributed by atoms with Gasteiger partial charge in [-0.1, -0.05) is 80.1 Å². The van der Waals surface area contributed by atoms with Gasteiger partial charge in [0.05, 0.1) is 6.61 Å². The van der Waals surface area contributed by atoms with E-state index in [0.29, 0.717) is 22.7 Å². The highest BCUT2D eigenvalue weighted by Gasteiger charge is 2.27. The first kappa shape index (κ1) is 29.1. The lowest BCUT2D eigenvalue weighted by Gasteiger charge is -2.18. The van der Waals surface area contributed by atoms with Gasteiger partial charge < -0.3 is 15.4 Å². The van der Waals surface area contributed by atoms with Crippen LogP contribution in [0.2, 0.25) is 0 Å². The molecule has 206 valence electrons. The summed E-state index contributed by atoms with van der Waals surface area (Å²) in [4.78, 5) is 39.9. The summed E-state index contributed by atoms with van der Waals surface area (Å²) in [6.07, 6.45) is 2.25. The molecule has 2 amide bonds. The molecule has 0 bridgehead atoms. The lowest BCUT2D eigenvalue weighted by Crippen LogP contribution is -2.20. The van der Waals surface area contributed by atoms with Gasteiger partial charge in [-0.05, 0) is 42.7 Å². The minimum Gasteiger partial charge on any atom is -0.462 e. The molecule has 2 N–H and O–H groups in total. The Bertz CT molecular complexity index is 1440. The second-order valence-corrected chi connectivity index (χ2v) is 11.1. The van der Waals surface area contributed by atoms with Crippen LogP contribution in [-0.4, -0.2) is 24.4 Å². The van der Waals surface area contributed by atoms with Crippen LogP contribution in [0.15, 0.2) is 95.2 Å². The van der Waals surface area contributed by atoms with E-state index in [0.717, 1.165) is 34.4 Å². The second-order valence-electron chi connectivity index (χ2n) is 9.02. The fourth-order valence-corrected chi connectivity index (χ4v) is 6.15. The molecule has 0 saturated carbocycles. The SMILES string of the molecule is CCCCC(=O)Nc1cccc(SC(C(=O)Nc2scc(-c3ccccc3)c2C(=O)OCC)c2ccccc2)c1. The third-order valence-electron chi connectivity index (χ3n) is 6.06. The molecule has 0 fully saturated rings. The molecule has 0 saturated heterocycles. The summed E-state index contributed by atoms with van der Waals surface area (Å²) >= 11 is 2.68. The fraction of sp³-hybridized carbons (Fsp3) is 0.219. The van der Waals surface area contributed by atoms with Gasteiger partial charge in [-0.2, -0.15) is 0 Å². The van der Waals surface area contributed by atoms with E-state index >= 15 is 0 Å². The number of unbranched alkanes of at least 4 members (excludes halogenated alkanes) is 1. The number of thiophene rings is 1. The van der Waals surface area contributed by atoms with E-state index in [1.165, 1.54) is 23.1 Å². The Morgan fingerprint density at radius 1 is 0.900 bits per heavy atom. The average Bonchev–Trinajstić information content (AvgIpc) is 3.39. The van der Waals surface area contributed by atoms with Crippen molar-refractivity contribution in [2.45, 2.75) is 43.3 Å². The number of esters is 1. The van der Waals surface area contributed by atoms with Crippen LogP contribution in [0.1, 0.15) is 54.3 Å². The topological polar surface area (TPSA) is 84.5 Å². The summed E-state index contributed by atoms with van der Waals surface area (Å²) in [5.41, 5.74) is 3.44. The molecule has 0 aliphatic carbocycles. The molecule has 4 aromatic rings. The van der Waals surface area contributed by atoms with Gasteiger partial charge in [-0.15, -0.1) is 23.1 Å². The van der Waals surface area contributed by atoms with Crippen LogP contribution >= 0.6 is 23.1 Å². The van der Waals surface area contributed by atoms with Crippen molar-refractivity contribution < 1.29 is 19.1 Å². The number of anilines is 2. The molecule has 0 aliphatic rings. The van der Waals surface area contributed by atoms with Crippen LogP contribution in [0.3, 0.4) is 0 Å². The number of hydrogen-bond donors (Lipinski definition) is 2. The molecule has 1 aromatic heterocycles. The van der Waals surface area contributed by atoms with Crippen LogP contribution in [0.25, 0.3) is 11.1 Å². The normalized spacial score (nSPS) is 11.4. The zero-order chi connectivity index (χ0) is 28.3. The van der Waals surface area contributed by atoms with Gasteiger partial charge in [0.25, 0.3) is 0 Å². The highest BCUT2D eigenvalue weighted by Crippen LogP contribution is 2.40. The molecule has 0 aliphatic heterocycles. The number of amides is 2. The number of rotatable bonds is 12. The Labute approximate surface area is 243 Å². The summed E-state index contributed by atoms with van der Waals surface area (Å²) in [6.45, 7) is 4.03. The lowest BCUT2D eigenvalue weighted by atomic mass is 10.0. The highest BCUT2D eigenvalue weighted by atomic mass is 32.2. The largest absolute Gasteiger partial charge is 0.462 e. The molecule has 1 heterocycles. The number of carbonyl (C=O) groups excluding carboxylic acids is 3. The van der Waals surface area contributed by atoms with Gasteiger partial charge in [0, 0.05) is 27.9 Å². The summed E-state index contributed by atoms with van der Waals surface area (Å²) in [5, 5.41) is 7.67. The number of ether oxygens (including phenoxy) is 1. The second kappa shape index (κ2) is 14.5. The minimum atomic E-state index is -0.607. The minimum absolute atomic E-state index is 0.0280. The van der Waals surface area contributed by atoms with Crippen molar-refractivity contribution in [3.8, 4) is 11.1 Å². The van der Waals surface area contributed by atoms with E-state index < -0.39 is 11.2 Å². The number of carbonyl (C=O) groups is 3. The summed E-state index contributed by atoms with van der Waals surface area (Å²) in [7, 11) is 0. The molecule has 8 heteroatoms. The Morgan fingerprint density at radius 2 is 1.62 bits per heavy atom. The van der Waals surface area contributed by atoms with Crippen molar-refractivity contribution in [1.82, 2.24) is 0 Å². The Morgan fingerprint density at radius 3 is 2.33 bits per heavy atom. The lowest BCUT2D eigenvalue weighted by molar-refractivity contribution is -0.116. The third-order valence-corrected chi connectivity index (χ3v) is 8.21. The number of nitrogens with one attached hydrogen (secondary N) is 2. The van der Waals surface area contributed by atoms with Crippen molar-refractivity contribution in [2.75, 3.05) is 17.2 Å². The molecular formula is C32H32N2O4S2. The van der Waals surface area contributed by atoms with Crippen LogP contribution in [0.5, 0.6) is 0 Å². The maximum Gasteiger partial charge on any atom is 0.341 e. The van der Waals surface area contributed by atoms with Crippen LogP contribution < -0.4 is 10.6 Å². The van der Waals surface area contributed by atoms with Crippen LogP contribution in [0, 0.1) is 0 Å². The Balaban J connectivity index is 1.62. The van der Waals surface area contributed by atoms with Gasteiger partial charge in [0.15, 0.2) is 0 Å². The highest BCUT2D eigenvalue weighted by molar-refractivity contribution is 8.00. The zero-order valence-electron chi connectivity index (χ0n) is 22.5. The van der Waals surface area contributed by atoms with E-state index in [1.54, 1.807) is 6.92 Å². The fourth-order valence-electron chi connectivity index (χ4n) is 4.11. The third kappa shape index (κ3) is 7.61. The number of hydrogen-bond acceptors (Lipinski definition) is 6. The number of benzene rings is 3. The molecule has 6 nitrogen and oxygen atoms in total. The van der Waals surface area contributed by atoms with Crippen molar-refractivity contribution >= 4 is 51.6 Å². The average molecular weight is 573 g/mol. The van der Waals surface area contributed by atoms with Gasteiger partial charge in [-0.25, -0.2) is 4.79 Å². The molecule has 40 heavy (non-hydrogen) atoms. The van der Waals surface area contributed by atoms with Crippen molar-refractivity contribution in [3.05, 3.63) is 101 Å². The molecule has 1 atom stereocenters. The monoisotopic (exact) mass is 572 g/mol. The van der Waals surface area contributed by atoms with E-state index in [-0.39, 0.29) is 18.4 Å².